The van der Waals surface area contributed by atoms with Crippen LogP contribution in [0.15, 0.2) is 0 Å². The topological polar surface area (TPSA) is 3.24 Å². The molecule has 2 unspecified atom stereocenters. The highest BCUT2D eigenvalue weighted by Crippen LogP contribution is 2.10. The van der Waals surface area contributed by atoms with Gasteiger partial charge in [-0.15, -0.1) is 0 Å². The minimum Gasteiger partial charge on any atom is -0.304 e. The van der Waals surface area contributed by atoms with E-state index in [1.54, 1.807) is 0 Å². The summed E-state index contributed by atoms with van der Waals surface area (Å²) in [5.41, 5.74) is 0. The van der Waals surface area contributed by atoms with Crippen LogP contribution in [0.1, 0.15) is 53.4 Å². The Morgan fingerprint density at radius 3 is 2.15 bits per heavy atom. The molecule has 13 heavy (non-hydrogen) atoms. The molecule has 0 radical (unpaired) electrons. The molecule has 1 nitrogen and oxygen atoms in total. The molecule has 0 aromatic heterocycles. The molecule has 0 amide bonds. The minimum atomic E-state index is 0.747. The third-order valence-electron chi connectivity index (χ3n) is 3.25. The lowest BCUT2D eigenvalue weighted by molar-refractivity contribution is 0.241. The fraction of sp³-hybridized carbons (Fsp3) is 1.00. The molecule has 0 aromatic carbocycles. The molecule has 0 N–H and O–H groups in total. The molecular formula is C12H27N. The van der Waals surface area contributed by atoms with E-state index in [0.29, 0.717) is 0 Å². The summed E-state index contributed by atoms with van der Waals surface area (Å²) in [7, 11) is 2.24. The average molecular weight is 185 g/mol. The van der Waals surface area contributed by atoms with Crippen LogP contribution in [0.2, 0.25) is 0 Å². The second-order valence-corrected chi connectivity index (χ2v) is 4.39. The van der Waals surface area contributed by atoms with E-state index in [-0.39, 0.29) is 0 Å². The van der Waals surface area contributed by atoms with Crippen molar-refractivity contribution >= 4 is 0 Å². The Hall–Kier alpha value is -0.0400. The monoisotopic (exact) mass is 185 g/mol. The molecule has 0 aliphatic carbocycles. The summed E-state index contributed by atoms with van der Waals surface area (Å²) in [4.78, 5) is 2.47. The minimum absolute atomic E-state index is 0.747. The largest absolute Gasteiger partial charge is 0.304 e. The van der Waals surface area contributed by atoms with Gasteiger partial charge in [0, 0.05) is 6.04 Å². The summed E-state index contributed by atoms with van der Waals surface area (Å²) < 4.78 is 0. The first-order chi connectivity index (χ1) is 6.11. The van der Waals surface area contributed by atoms with Crippen LogP contribution in [-0.2, 0) is 0 Å². The third kappa shape index (κ3) is 6.09. The summed E-state index contributed by atoms with van der Waals surface area (Å²) in [5, 5.41) is 0. The smallest absolute Gasteiger partial charge is 0.00612 e. The fourth-order valence-electron chi connectivity index (χ4n) is 1.43. The van der Waals surface area contributed by atoms with Crippen LogP contribution >= 0.6 is 0 Å². The van der Waals surface area contributed by atoms with E-state index in [1.807, 2.05) is 0 Å². The van der Waals surface area contributed by atoms with Gasteiger partial charge in [-0.2, -0.15) is 0 Å². The highest BCUT2D eigenvalue weighted by atomic mass is 15.1. The molecule has 0 rings (SSSR count). The van der Waals surface area contributed by atoms with Gasteiger partial charge in [-0.3, -0.25) is 0 Å². The zero-order valence-electron chi connectivity index (χ0n) is 10.1. The number of rotatable bonds is 7. The van der Waals surface area contributed by atoms with E-state index in [2.05, 4.69) is 39.6 Å². The molecule has 0 aliphatic heterocycles. The van der Waals surface area contributed by atoms with E-state index >= 15 is 0 Å². The van der Waals surface area contributed by atoms with Gasteiger partial charge < -0.3 is 4.90 Å². The van der Waals surface area contributed by atoms with E-state index < -0.39 is 0 Å². The maximum atomic E-state index is 2.47. The van der Waals surface area contributed by atoms with Crippen LogP contribution in [-0.4, -0.2) is 24.5 Å². The van der Waals surface area contributed by atoms with Gasteiger partial charge in [0.05, 0.1) is 0 Å². The van der Waals surface area contributed by atoms with E-state index in [9.17, 15) is 0 Å². The molecule has 0 spiro atoms. The van der Waals surface area contributed by atoms with Crippen molar-refractivity contribution < 1.29 is 0 Å². The molecule has 0 bridgehead atoms. The first-order valence-corrected chi connectivity index (χ1v) is 5.82. The Balaban J connectivity index is 3.41. The predicted molar refractivity (Wildman–Crippen MR) is 61.1 cm³/mol. The van der Waals surface area contributed by atoms with Crippen LogP contribution < -0.4 is 0 Å². The molecule has 80 valence electrons. The molecule has 0 heterocycles. The van der Waals surface area contributed by atoms with Crippen LogP contribution in [0, 0.1) is 5.92 Å². The van der Waals surface area contributed by atoms with Crippen LogP contribution in [0.4, 0.5) is 0 Å². The molecule has 0 aliphatic rings. The standard InChI is InChI=1S/C12H27N/c1-6-11(3)9-8-10-13(5)12(4)7-2/h11-12H,6-10H2,1-5H3. The van der Waals surface area contributed by atoms with Gasteiger partial charge >= 0.3 is 0 Å². The van der Waals surface area contributed by atoms with Crippen LogP contribution in [0.25, 0.3) is 0 Å². The van der Waals surface area contributed by atoms with Crippen molar-refractivity contribution in [2.45, 2.75) is 59.4 Å². The maximum absolute atomic E-state index is 2.47. The van der Waals surface area contributed by atoms with Gasteiger partial charge in [0.15, 0.2) is 0 Å². The zero-order valence-corrected chi connectivity index (χ0v) is 10.1. The Bertz CT molecular complexity index is 112. The van der Waals surface area contributed by atoms with Crippen LogP contribution in [0.5, 0.6) is 0 Å². The summed E-state index contributed by atoms with van der Waals surface area (Å²) in [6.07, 6.45) is 5.33. The number of hydrogen-bond acceptors (Lipinski definition) is 1. The van der Waals surface area contributed by atoms with Gasteiger partial charge in [0.2, 0.25) is 0 Å². The first-order valence-electron chi connectivity index (χ1n) is 5.82. The van der Waals surface area contributed by atoms with Crippen molar-refractivity contribution in [2.24, 2.45) is 5.92 Å². The van der Waals surface area contributed by atoms with Crippen molar-refractivity contribution in [3.05, 3.63) is 0 Å². The third-order valence-corrected chi connectivity index (χ3v) is 3.25. The van der Waals surface area contributed by atoms with Crippen molar-refractivity contribution in [3.63, 3.8) is 0 Å². The lowest BCUT2D eigenvalue weighted by Gasteiger charge is -2.23. The zero-order chi connectivity index (χ0) is 10.3. The molecule has 0 saturated heterocycles. The molecule has 1 heteroatoms. The van der Waals surface area contributed by atoms with Crippen molar-refractivity contribution in [1.82, 2.24) is 4.90 Å². The summed E-state index contributed by atoms with van der Waals surface area (Å²) in [5.74, 6) is 0.908. The fourth-order valence-corrected chi connectivity index (χ4v) is 1.43. The lowest BCUT2D eigenvalue weighted by atomic mass is 10.0. The SMILES string of the molecule is CCC(C)CCCN(C)C(C)CC. The Labute approximate surface area is 84.5 Å². The summed E-state index contributed by atoms with van der Waals surface area (Å²) in [6.45, 7) is 10.5. The summed E-state index contributed by atoms with van der Waals surface area (Å²) >= 11 is 0. The van der Waals surface area contributed by atoms with Gasteiger partial charge in [-0.05, 0) is 45.7 Å². The molecule has 0 aromatic rings. The van der Waals surface area contributed by atoms with Crippen molar-refractivity contribution in [2.75, 3.05) is 13.6 Å². The van der Waals surface area contributed by atoms with Gasteiger partial charge in [0.25, 0.3) is 0 Å². The van der Waals surface area contributed by atoms with Gasteiger partial charge in [-0.1, -0.05) is 27.2 Å². The summed E-state index contributed by atoms with van der Waals surface area (Å²) in [6, 6.07) is 0.747. The number of hydrogen-bond donors (Lipinski definition) is 0. The highest BCUT2D eigenvalue weighted by molar-refractivity contribution is 4.61. The molecule has 0 saturated carbocycles. The van der Waals surface area contributed by atoms with Crippen molar-refractivity contribution in [1.29, 1.82) is 0 Å². The van der Waals surface area contributed by atoms with Crippen LogP contribution in [0.3, 0.4) is 0 Å². The molecule has 2 atom stereocenters. The lowest BCUT2D eigenvalue weighted by Crippen LogP contribution is -2.29. The average Bonchev–Trinajstić information content (AvgIpc) is 2.15. The Morgan fingerprint density at radius 1 is 1.08 bits per heavy atom. The quantitative estimate of drug-likeness (QED) is 0.586. The highest BCUT2D eigenvalue weighted by Gasteiger charge is 2.06. The molecular weight excluding hydrogens is 158 g/mol. The van der Waals surface area contributed by atoms with E-state index in [4.69, 9.17) is 0 Å². The maximum Gasteiger partial charge on any atom is 0.00612 e. The number of nitrogens with zero attached hydrogens (tertiary/aromatic N) is 1. The molecule has 0 fully saturated rings. The predicted octanol–water partition coefficient (Wildman–Crippen LogP) is 3.54. The van der Waals surface area contributed by atoms with E-state index in [1.165, 1.54) is 32.2 Å². The Kier molecular flexibility index (Phi) is 7.35. The second-order valence-electron chi connectivity index (χ2n) is 4.39. The van der Waals surface area contributed by atoms with Gasteiger partial charge in [0.1, 0.15) is 0 Å². The van der Waals surface area contributed by atoms with E-state index in [0.717, 1.165) is 12.0 Å². The normalized spacial score (nSPS) is 16.2. The van der Waals surface area contributed by atoms with Gasteiger partial charge in [-0.25, -0.2) is 0 Å². The first kappa shape index (κ1) is 13.0. The van der Waals surface area contributed by atoms with Crippen molar-refractivity contribution in [3.8, 4) is 0 Å². The Morgan fingerprint density at radius 2 is 1.69 bits per heavy atom. The second kappa shape index (κ2) is 7.37.